The molecule has 3 unspecified atom stereocenters. The van der Waals surface area contributed by atoms with E-state index in [2.05, 4.69) is 158 Å². The van der Waals surface area contributed by atoms with Crippen molar-refractivity contribution in [3.05, 3.63) is 198 Å². The van der Waals surface area contributed by atoms with Crippen molar-refractivity contribution < 1.29 is 0 Å². The third-order valence-electron chi connectivity index (χ3n) is 11.6. The summed E-state index contributed by atoms with van der Waals surface area (Å²) in [5.41, 5.74) is 14.9. The second kappa shape index (κ2) is 12.5. The van der Waals surface area contributed by atoms with Crippen LogP contribution in [-0.2, 0) is 5.41 Å². The molecule has 1 fully saturated rings. The Morgan fingerprint density at radius 2 is 1.26 bits per heavy atom. The van der Waals surface area contributed by atoms with Gasteiger partial charge in [-0.1, -0.05) is 140 Å². The normalized spacial score (nSPS) is 20.5. The molecule has 5 aromatic carbocycles. The van der Waals surface area contributed by atoms with Crippen molar-refractivity contribution in [3.8, 4) is 56.2 Å². The van der Waals surface area contributed by atoms with Crippen LogP contribution in [-0.4, -0.2) is 20.2 Å². The number of nitrogens with zero attached hydrogens (tertiary/aromatic N) is 3. The number of fused-ring (bicyclic) bond motifs is 10. The van der Waals surface area contributed by atoms with Crippen molar-refractivity contribution in [3.63, 3.8) is 0 Å². The highest BCUT2D eigenvalue weighted by Crippen LogP contribution is 2.66. The van der Waals surface area contributed by atoms with E-state index in [9.17, 15) is 0 Å². The molecule has 3 atom stereocenters. The maximum Gasteiger partial charge on any atom is 0.160 e. The molecule has 0 N–H and O–H groups in total. The Hall–Kier alpha value is -6.10. The Kier molecular flexibility index (Phi) is 7.28. The van der Waals surface area contributed by atoms with E-state index in [4.69, 9.17) is 15.0 Å². The van der Waals surface area contributed by atoms with Crippen LogP contribution in [0.15, 0.2) is 187 Å². The van der Waals surface area contributed by atoms with Crippen LogP contribution in [0.4, 0.5) is 0 Å². The average molecular weight is 710 g/mol. The second-order valence-electron chi connectivity index (χ2n) is 14.5. The number of rotatable bonds is 4. The monoisotopic (exact) mass is 709 g/mol. The highest BCUT2D eigenvalue weighted by molar-refractivity contribution is 8.04. The quantitative estimate of drug-likeness (QED) is 0.182. The smallest absolute Gasteiger partial charge is 0.160 e. The van der Waals surface area contributed by atoms with Gasteiger partial charge in [0.2, 0.25) is 0 Å². The van der Waals surface area contributed by atoms with E-state index < -0.39 is 0 Å². The van der Waals surface area contributed by atoms with Crippen molar-refractivity contribution in [2.24, 2.45) is 5.92 Å². The van der Waals surface area contributed by atoms with Gasteiger partial charge in [-0.05, 0) is 82.1 Å². The van der Waals surface area contributed by atoms with E-state index >= 15 is 0 Å². The minimum Gasteiger partial charge on any atom is -0.256 e. The van der Waals surface area contributed by atoms with Gasteiger partial charge in [-0.25, -0.2) is 9.97 Å². The first-order valence-corrected chi connectivity index (χ1v) is 19.7. The number of hydrogen-bond donors (Lipinski definition) is 0. The van der Waals surface area contributed by atoms with Crippen LogP contribution in [0.1, 0.15) is 24.0 Å². The lowest BCUT2D eigenvalue weighted by Gasteiger charge is -2.49. The van der Waals surface area contributed by atoms with E-state index in [-0.39, 0.29) is 11.3 Å². The molecule has 3 heterocycles. The van der Waals surface area contributed by atoms with Crippen LogP contribution in [0, 0.1) is 5.92 Å². The zero-order valence-electron chi connectivity index (χ0n) is 29.6. The summed E-state index contributed by atoms with van der Waals surface area (Å²) < 4.78 is 0. The van der Waals surface area contributed by atoms with Gasteiger partial charge in [0.05, 0.1) is 22.3 Å². The third kappa shape index (κ3) is 4.80. The number of pyridine rings is 1. The minimum atomic E-state index is -0.304. The van der Waals surface area contributed by atoms with E-state index in [1.807, 2.05) is 30.1 Å². The first-order chi connectivity index (χ1) is 26.8. The maximum absolute atomic E-state index is 5.25. The molecule has 3 aliphatic carbocycles. The maximum atomic E-state index is 5.25. The van der Waals surface area contributed by atoms with Crippen molar-refractivity contribution in [1.29, 1.82) is 0 Å². The van der Waals surface area contributed by atoms with E-state index in [0.29, 0.717) is 5.25 Å². The largest absolute Gasteiger partial charge is 0.256 e. The van der Waals surface area contributed by atoms with Gasteiger partial charge < -0.3 is 0 Å². The predicted octanol–water partition coefficient (Wildman–Crippen LogP) is 12.4. The molecule has 1 aliphatic heterocycles. The lowest BCUT2D eigenvalue weighted by atomic mass is 9.60. The lowest BCUT2D eigenvalue weighted by molar-refractivity contribution is 0.453. The van der Waals surface area contributed by atoms with E-state index in [0.717, 1.165) is 52.3 Å². The fraction of sp³-hybridized carbons (Fsp3) is 0.100. The SMILES string of the molecule is C1=CC2SC3=CCCC=C3C3(c4ccc(-c5cc(-c6ccccc6)nc(-c6ccccc6)n5)cc4-c4cc(-c5cccc6ncccc56)ccc43)C2C=C1. The summed E-state index contributed by atoms with van der Waals surface area (Å²) in [6.45, 7) is 0. The molecule has 0 amide bonds. The number of aromatic nitrogens is 3. The van der Waals surface area contributed by atoms with Gasteiger partial charge in [0.15, 0.2) is 5.82 Å². The Morgan fingerprint density at radius 3 is 2.07 bits per heavy atom. The zero-order chi connectivity index (χ0) is 35.6. The second-order valence-corrected chi connectivity index (χ2v) is 15.8. The summed E-state index contributed by atoms with van der Waals surface area (Å²) in [4.78, 5) is 16.5. The Balaban J connectivity index is 1.17. The molecule has 1 saturated heterocycles. The van der Waals surface area contributed by atoms with Crippen LogP contribution < -0.4 is 0 Å². The van der Waals surface area contributed by atoms with Gasteiger partial charge in [-0.15, -0.1) is 11.8 Å². The summed E-state index contributed by atoms with van der Waals surface area (Å²) in [6.07, 6.45) is 18.5. The molecule has 54 heavy (non-hydrogen) atoms. The van der Waals surface area contributed by atoms with Gasteiger partial charge in [0.1, 0.15) is 0 Å². The Bertz CT molecular complexity index is 2700. The number of benzene rings is 5. The molecule has 7 aromatic rings. The summed E-state index contributed by atoms with van der Waals surface area (Å²) in [5, 5.41) is 1.52. The van der Waals surface area contributed by atoms with Crippen LogP contribution in [0.5, 0.6) is 0 Å². The van der Waals surface area contributed by atoms with Crippen molar-refractivity contribution >= 4 is 22.7 Å². The molecule has 2 aromatic heterocycles. The standard InChI is InChI=1S/C50H35N3S/c1-3-13-32(14-4-1)45-31-46(53-49(52-45)33-15-5-2-6-16-33)35-25-27-41-39(30-35)38-29-34(36-17-11-21-44-37(36)18-12-28-51-44)24-26-40(38)50(41)42-19-7-9-22-47(42)54-48-23-10-8-20-43(48)50/h1-7,9,11-31,42,47H,8,10H2. The van der Waals surface area contributed by atoms with Crippen LogP contribution in [0.25, 0.3) is 67.1 Å². The van der Waals surface area contributed by atoms with Gasteiger partial charge in [0.25, 0.3) is 0 Å². The van der Waals surface area contributed by atoms with Gasteiger partial charge in [0, 0.05) is 44.3 Å². The molecule has 1 spiro atoms. The van der Waals surface area contributed by atoms with Crippen molar-refractivity contribution in [1.82, 2.24) is 15.0 Å². The third-order valence-corrected chi connectivity index (χ3v) is 13.0. The Morgan fingerprint density at radius 1 is 0.556 bits per heavy atom. The zero-order valence-corrected chi connectivity index (χ0v) is 30.4. The number of allylic oxidation sites excluding steroid dienone is 6. The summed E-state index contributed by atoms with van der Waals surface area (Å²) in [7, 11) is 0. The molecule has 256 valence electrons. The highest BCUT2D eigenvalue weighted by atomic mass is 32.2. The van der Waals surface area contributed by atoms with Gasteiger partial charge >= 0.3 is 0 Å². The highest BCUT2D eigenvalue weighted by Gasteiger charge is 2.56. The van der Waals surface area contributed by atoms with Crippen LogP contribution in [0.3, 0.4) is 0 Å². The predicted molar refractivity (Wildman–Crippen MR) is 224 cm³/mol. The fourth-order valence-corrected chi connectivity index (χ4v) is 10.8. The first-order valence-electron chi connectivity index (χ1n) is 18.8. The minimum absolute atomic E-state index is 0.279. The topological polar surface area (TPSA) is 38.7 Å². The Labute approximate surface area is 319 Å². The van der Waals surface area contributed by atoms with E-state index in [1.165, 1.54) is 49.2 Å². The van der Waals surface area contributed by atoms with Crippen molar-refractivity contribution in [2.45, 2.75) is 23.5 Å². The molecule has 0 bridgehead atoms. The summed E-state index contributed by atoms with van der Waals surface area (Å²) >= 11 is 2.04. The molecular weight excluding hydrogens is 675 g/mol. The summed E-state index contributed by atoms with van der Waals surface area (Å²) in [6, 6.07) is 48.0. The average Bonchev–Trinajstić information content (AvgIpc) is 3.53. The van der Waals surface area contributed by atoms with Crippen LogP contribution in [0.2, 0.25) is 0 Å². The van der Waals surface area contributed by atoms with E-state index in [1.54, 1.807) is 0 Å². The van der Waals surface area contributed by atoms with Gasteiger partial charge in [-0.3, -0.25) is 4.98 Å². The fourth-order valence-electron chi connectivity index (χ4n) is 9.30. The number of hydrogen-bond acceptors (Lipinski definition) is 4. The lowest BCUT2D eigenvalue weighted by Crippen LogP contribution is -2.45. The molecule has 11 rings (SSSR count). The molecular formula is C50H35N3S. The molecule has 4 aliphatic rings. The molecule has 0 saturated carbocycles. The van der Waals surface area contributed by atoms with Gasteiger partial charge in [-0.2, -0.15) is 0 Å². The van der Waals surface area contributed by atoms with Crippen LogP contribution >= 0.6 is 11.8 Å². The number of thioether (sulfide) groups is 1. The molecule has 0 radical (unpaired) electrons. The molecule has 4 heteroatoms. The van der Waals surface area contributed by atoms with Crippen molar-refractivity contribution in [2.75, 3.05) is 0 Å². The molecule has 3 nitrogen and oxygen atoms in total. The first kappa shape index (κ1) is 31.4. The summed E-state index contributed by atoms with van der Waals surface area (Å²) in [5.74, 6) is 1.01.